The third-order valence-corrected chi connectivity index (χ3v) is 4.90. The molecule has 3 nitrogen and oxygen atoms in total. The lowest BCUT2D eigenvalue weighted by Gasteiger charge is -2.28. The number of aliphatic hydroxyl groups excluding tert-OH is 1. The summed E-state index contributed by atoms with van der Waals surface area (Å²) in [5.74, 6) is 0. The van der Waals surface area contributed by atoms with Crippen LogP contribution in [0.5, 0.6) is 0 Å². The maximum absolute atomic E-state index is 9.89. The van der Waals surface area contributed by atoms with Crippen molar-refractivity contribution in [2.24, 2.45) is 0 Å². The Hall–Kier alpha value is -1.31. The van der Waals surface area contributed by atoms with Gasteiger partial charge >= 0.3 is 0 Å². The fourth-order valence-electron chi connectivity index (χ4n) is 3.17. The van der Waals surface area contributed by atoms with Crippen LogP contribution in [0.3, 0.4) is 0 Å². The summed E-state index contributed by atoms with van der Waals surface area (Å²) in [4.78, 5) is 0. The smallest absolute Gasteiger partial charge is 0.0994 e. The van der Waals surface area contributed by atoms with Crippen molar-refractivity contribution >= 4 is 26.8 Å². The molecule has 20 heavy (non-hydrogen) atoms. The van der Waals surface area contributed by atoms with Gasteiger partial charge in [-0.3, -0.25) is 0 Å². The Kier molecular flexibility index (Phi) is 3.57. The van der Waals surface area contributed by atoms with Gasteiger partial charge in [0, 0.05) is 27.6 Å². The third kappa shape index (κ3) is 2.25. The van der Waals surface area contributed by atoms with Crippen LogP contribution in [-0.2, 0) is 0 Å². The molecule has 0 bridgehead atoms. The second-order valence-electron chi connectivity index (χ2n) is 5.65. The van der Waals surface area contributed by atoms with E-state index in [4.69, 9.17) is 5.26 Å². The quantitative estimate of drug-likeness (QED) is 0.855. The van der Waals surface area contributed by atoms with Crippen molar-refractivity contribution < 1.29 is 5.11 Å². The number of benzene rings is 1. The van der Waals surface area contributed by atoms with E-state index in [1.165, 1.54) is 0 Å². The second-order valence-corrected chi connectivity index (χ2v) is 6.51. The number of nitrogens with zero attached hydrogens (tertiary/aromatic N) is 2. The van der Waals surface area contributed by atoms with E-state index in [0.29, 0.717) is 6.04 Å². The first-order valence-electron chi connectivity index (χ1n) is 6.99. The second kappa shape index (κ2) is 5.23. The van der Waals surface area contributed by atoms with E-state index in [-0.39, 0.29) is 6.10 Å². The lowest BCUT2D eigenvalue weighted by atomic mass is 9.92. The highest BCUT2D eigenvalue weighted by molar-refractivity contribution is 9.10. The SMILES string of the molecule is Cc1cc2c(cc1C#N)c(Br)cn2[C@@H]1CCC[C@H](O)C1. The number of fused-ring (bicyclic) bond motifs is 1. The first kappa shape index (κ1) is 13.7. The highest BCUT2D eigenvalue weighted by atomic mass is 79.9. The summed E-state index contributed by atoms with van der Waals surface area (Å²) >= 11 is 3.59. The van der Waals surface area contributed by atoms with Gasteiger partial charge in [-0.15, -0.1) is 0 Å². The molecule has 1 saturated carbocycles. The minimum absolute atomic E-state index is 0.190. The Bertz CT molecular complexity index is 699. The summed E-state index contributed by atoms with van der Waals surface area (Å²) < 4.78 is 3.28. The maximum Gasteiger partial charge on any atom is 0.0994 e. The topological polar surface area (TPSA) is 49.0 Å². The molecule has 0 aliphatic heterocycles. The predicted octanol–water partition coefficient (Wildman–Crippen LogP) is 4.06. The summed E-state index contributed by atoms with van der Waals surface area (Å²) in [5.41, 5.74) is 2.87. The number of nitriles is 1. The van der Waals surface area contributed by atoms with Crippen molar-refractivity contribution in [2.75, 3.05) is 0 Å². The average Bonchev–Trinajstić information content (AvgIpc) is 2.74. The zero-order valence-corrected chi connectivity index (χ0v) is 13.0. The van der Waals surface area contributed by atoms with Crippen molar-refractivity contribution in [3.05, 3.63) is 33.9 Å². The molecule has 0 unspecified atom stereocenters. The number of halogens is 1. The minimum Gasteiger partial charge on any atom is -0.393 e. The molecule has 1 N–H and O–H groups in total. The van der Waals surface area contributed by atoms with Crippen LogP contribution < -0.4 is 0 Å². The molecule has 0 radical (unpaired) electrons. The van der Waals surface area contributed by atoms with E-state index >= 15 is 0 Å². The Morgan fingerprint density at radius 2 is 2.20 bits per heavy atom. The van der Waals surface area contributed by atoms with Gasteiger partial charge in [0.2, 0.25) is 0 Å². The first-order chi connectivity index (χ1) is 9.60. The number of aryl methyl sites for hydroxylation is 1. The fraction of sp³-hybridized carbons (Fsp3) is 0.438. The molecule has 2 aromatic rings. The van der Waals surface area contributed by atoms with Crippen LogP contribution in [0, 0.1) is 18.3 Å². The summed E-state index contributed by atoms with van der Waals surface area (Å²) in [6, 6.07) is 6.62. The van der Waals surface area contributed by atoms with Crippen LogP contribution >= 0.6 is 15.9 Å². The highest BCUT2D eigenvalue weighted by Crippen LogP contribution is 2.36. The third-order valence-electron chi connectivity index (χ3n) is 4.26. The Labute approximate surface area is 127 Å². The molecule has 1 fully saturated rings. The van der Waals surface area contributed by atoms with Gasteiger partial charge in [-0.05, 0) is 66.2 Å². The van der Waals surface area contributed by atoms with Crippen LogP contribution in [0.15, 0.2) is 22.8 Å². The Balaban J connectivity index is 2.12. The number of rotatable bonds is 1. The molecule has 4 heteroatoms. The van der Waals surface area contributed by atoms with Gasteiger partial charge in [-0.1, -0.05) is 0 Å². The van der Waals surface area contributed by atoms with Crippen LogP contribution in [0.1, 0.15) is 42.9 Å². The van der Waals surface area contributed by atoms with Gasteiger partial charge in [-0.25, -0.2) is 0 Å². The van der Waals surface area contributed by atoms with Crippen molar-refractivity contribution in [1.82, 2.24) is 4.57 Å². The normalized spacial score (nSPS) is 22.9. The summed E-state index contributed by atoms with van der Waals surface area (Å²) in [5, 5.41) is 20.1. The lowest BCUT2D eigenvalue weighted by Crippen LogP contribution is -2.21. The molecule has 1 aliphatic carbocycles. The van der Waals surface area contributed by atoms with Crippen LogP contribution in [-0.4, -0.2) is 15.8 Å². The Morgan fingerprint density at radius 3 is 2.90 bits per heavy atom. The molecule has 104 valence electrons. The van der Waals surface area contributed by atoms with Crippen molar-refractivity contribution in [1.29, 1.82) is 5.26 Å². The summed E-state index contributed by atoms with van der Waals surface area (Å²) in [7, 11) is 0. The molecule has 1 heterocycles. The molecular weight excluding hydrogens is 316 g/mol. The summed E-state index contributed by atoms with van der Waals surface area (Å²) in [6.07, 6.45) is 5.80. The van der Waals surface area contributed by atoms with Crippen LogP contribution in [0.25, 0.3) is 10.9 Å². The zero-order chi connectivity index (χ0) is 14.3. The van der Waals surface area contributed by atoms with Crippen molar-refractivity contribution in [3.8, 4) is 6.07 Å². The van der Waals surface area contributed by atoms with Crippen LogP contribution in [0.2, 0.25) is 0 Å². The molecule has 1 aromatic carbocycles. The molecule has 0 spiro atoms. The average molecular weight is 333 g/mol. The number of aliphatic hydroxyl groups is 1. The standard InChI is InChI=1S/C16H17BrN2O/c1-10-5-16-14(6-11(10)8-18)15(17)9-19(16)12-3-2-4-13(20)7-12/h5-6,9,12-13,20H,2-4,7H2,1H3/t12-,13+/m1/s1. The molecule has 1 aromatic heterocycles. The van der Waals surface area contributed by atoms with Gasteiger partial charge < -0.3 is 9.67 Å². The number of hydrogen-bond acceptors (Lipinski definition) is 2. The van der Waals surface area contributed by atoms with E-state index < -0.39 is 0 Å². The molecule has 3 rings (SSSR count). The van der Waals surface area contributed by atoms with Gasteiger partial charge in [0.05, 0.1) is 17.7 Å². The maximum atomic E-state index is 9.89. The van der Waals surface area contributed by atoms with E-state index in [1.54, 1.807) is 0 Å². The number of hydrogen-bond donors (Lipinski definition) is 1. The fourth-order valence-corrected chi connectivity index (χ4v) is 3.71. The lowest BCUT2D eigenvalue weighted by molar-refractivity contribution is 0.105. The van der Waals surface area contributed by atoms with Crippen molar-refractivity contribution in [2.45, 2.75) is 44.8 Å². The van der Waals surface area contributed by atoms with Gasteiger partial charge in [0.1, 0.15) is 0 Å². The van der Waals surface area contributed by atoms with E-state index in [0.717, 1.165) is 52.2 Å². The molecule has 0 amide bonds. The first-order valence-corrected chi connectivity index (χ1v) is 7.78. The van der Waals surface area contributed by atoms with Gasteiger partial charge in [0.15, 0.2) is 0 Å². The molecular formula is C16H17BrN2O. The highest BCUT2D eigenvalue weighted by Gasteiger charge is 2.23. The monoisotopic (exact) mass is 332 g/mol. The van der Waals surface area contributed by atoms with E-state index in [2.05, 4.69) is 38.8 Å². The predicted molar refractivity (Wildman–Crippen MR) is 82.6 cm³/mol. The zero-order valence-electron chi connectivity index (χ0n) is 11.4. The molecule has 0 saturated heterocycles. The van der Waals surface area contributed by atoms with Gasteiger partial charge in [0.25, 0.3) is 0 Å². The molecule has 1 aliphatic rings. The van der Waals surface area contributed by atoms with Crippen LogP contribution in [0.4, 0.5) is 0 Å². The number of aromatic nitrogens is 1. The van der Waals surface area contributed by atoms with Gasteiger partial charge in [-0.2, -0.15) is 5.26 Å². The van der Waals surface area contributed by atoms with E-state index in [9.17, 15) is 5.11 Å². The van der Waals surface area contributed by atoms with E-state index in [1.807, 2.05) is 13.0 Å². The minimum atomic E-state index is -0.190. The summed E-state index contributed by atoms with van der Waals surface area (Å²) in [6.45, 7) is 1.97. The van der Waals surface area contributed by atoms with Crippen molar-refractivity contribution in [3.63, 3.8) is 0 Å². The molecule has 2 atom stereocenters. The Morgan fingerprint density at radius 1 is 1.40 bits per heavy atom. The largest absolute Gasteiger partial charge is 0.393 e.